The van der Waals surface area contributed by atoms with Crippen molar-refractivity contribution >= 4 is 0 Å². The Bertz CT molecular complexity index is 336. The normalized spacial score (nSPS) is 21.6. The molecule has 1 aromatic heterocycles. The Kier molecular flexibility index (Phi) is 4.45. The molecule has 3 nitrogen and oxygen atoms in total. The molecule has 0 radical (unpaired) electrons. The first-order valence-corrected chi connectivity index (χ1v) is 6.22. The summed E-state index contributed by atoms with van der Waals surface area (Å²) < 4.78 is 18.3. The molecule has 2 atom stereocenters. The van der Waals surface area contributed by atoms with Crippen molar-refractivity contribution in [2.45, 2.75) is 38.3 Å². The van der Waals surface area contributed by atoms with Gasteiger partial charge in [0.1, 0.15) is 5.82 Å². The van der Waals surface area contributed by atoms with Crippen molar-refractivity contribution in [1.29, 1.82) is 0 Å². The number of pyridine rings is 1. The Balaban J connectivity index is 1.72. The van der Waals surface area contributed by atoms with Gasteiger partial charge in [-0.05, 0) is 44.9 Å². The SMILES string of the molecule is CC(NCCC1CCCO1)c1ccc(F)cn1. The van der Waals surface area contributed by atoms with Gasteiger partial charge in [0.25, 0.3) is 0 Å². The van der Waals surface area contributed by atoms with E-state index in [9.17, 15) is 4.39 Å². The first-order valence-electron chi connectivity index (χ1n) is 6.22. The van der Waals surface area contributed by atoms with E-state index in [0.717, 1.165) is 25.3 Å². The zero-order valence-electron chi connectivity index (χ0n) is 10.2. The second-order valence-electron chi connectivity index (χ2n) is 4.50. The Morgan fingerprint density at radius 1 is 1.59 bits per heavy atom. The summed E-state index contributed by atoms with van der Waals surface area (Å²) >= 11 is 0. The van der Waals surface area contributed by atoms with Crippen LogP contribution in [0.15, 0.2) is 18.3 Å². The lowest BCUT2D eigenvalue weighted by molar-refractivity contribution is 0.103. The largest absolute Gasteiger partial charge is 0.378 e. The van der Waals surface area contributed by atoms with Crippen LogP contribution in [0.4, 0.5) is 4.39 Å². The molecule has 0 bridgehead atoms. The van der Waals surface area contributed by atoms with Crippen LogP contribution in [0.25, 0.3) is 0 Å². The first-order chi connectivity index (χ1) is 8.25. The minimum Gasteiger partial charge on any atom is -0.378 e. The number of aromatic nitrogens is 1. The van der Waals surface area contributed by atoms with Crippen molar-refractivity contribution in [1.82, 2.24) is 10.3 Å². The van der Waals surface area contributed by atoms with Gasteiger partial charge in [-0.1, -0.05) is 0 Å². The fraction of sp³-hybridized carbons (Fsp3) is 0.615. The lowest BCUT2D eigenvalue weighted by Crippen LogP contribution is -2.24. The average Bonchev–Trinajstić information content (AvgIpc) is 2.83. The zero-order chi connectivity index (χ0) is 12.1. The van der Waals surface area contributed by atoms with E-state index in [-0.39, 0.29) is 11.9 Å². The van der Waals surface area contributed by atoms with E-state index < -0.39 is 0 Å². The quantitative estimate of drug-likeness (QED) is 0.855. The van der Waals surface area contributed by atoms with Crippen LogP contribution in [0.3, 0.4) is 0 Å². The Hall–Kier alpha value is -1.00. The van der Waals surface area contributed by atoms with Crippen molar-refractivity contribution in [2.75, 3.05) is 13.2 Å². The molecule has 1 N–H and O–H groups in total. The maximum atomic E-state index is 12.7. The highest BCUT2D eigenvalue weighted by molar-refractivity contribution is 5.08. The third kappa shape index (κ3) is 3.75. The van der Waals surface area contributed by atoms with Gasteiger partial charge in [0.2, 0.25) is 0 Å². The highest BCUT2D eigenvalue weighted by Gasteiger charge is 2.15. The van der Waals surface area contributed by atoms with Gasteiger partial charge in [0, 0.05) is 12.6 Å². The molecule has 2 heterocycles. The molecule has 0 saturated carbocycles. The summed E-state index contributed by atoms with van der Waals surface area (Å²) in [5, 5.41) is 3.38. The molecule has 2 unspecified atom stereocenters. The van der Waals surface area contributed by atoms with E-state index in [0.29, 0.717) is 6.10 Å². The van der Waals surface area contributed by atoms with Crippen LogP contribution in [0.2, 0.25) is 0 Å². The lowest BCUT2D eigenvalue weighted by Gasteiger charge is -2.15. The summed E-state index contributed by atoms with van der Waals surface area (Å²) in [6.07, 6.45) is 5.06. The Morgan fingerprint density at radius 3 is 3.12 bits per heavy atom. The van der Waals surface area contributed by atoms with Crippen molar-refractivity contribution in [3.05, 3.63) is 29.8 Å². The first kappa shape index (κ1) is 12.5. The van der Waals surface area contributed by atoms with Crippen molar-refractivity contribution in [3.8, 4) is 0 Å². The van der Waals surface area contributed by atoms with Gasteiger partial charge >= 0.3 is 0 Å². The zero-order valence-corrected chi connectivity index (χ0v) is 10.2. The van der Waals surface area contributed by atoms with Crippen LogP contribution in [-0.4, -0.2) is 24.2 Å². The van der Waals surface area contributed by atoms with Crippen LogP contribution in [0.5, 0.6) is 0 Å². The molecular weight excluding hydrogens is 219 g/mol. The predicted molar refractivity (Wildman–Crippen MR) is 64.2 cm³/mol. The molecular formula is C13H19FN2O. The molecule has 1 aliphatic rings. The Morgan fingerprint density at radius 2 is 2.47 bits per heavy atom. The number of nitrogens with zero attached hydrogens (tertiary/aromatic N) is 1. The summed E-state index contributed by atoms with van der Waals surface area (Å²) in [4.78, 5) is 4.06. The van der Waals surface area contributed by atoms with Crippen LogP contribution in [-0.2, 0) is 4.74 Å². The van der Waals surface area contributed by atoms with E-state index in [1.165, 1.54) is 25.1 Å². The minimum absolute atomic E-state index is 0.150. The number of hydrogen-bond donors (Lipinski definition) is 1. The van der Waals surface area contributed by atoms with Gasteiger partial charge in [-0.15, -0.1) is 0 Å². The molecule has 1 aliphatic heterocycles. The second-order valence-corrected chi connectivity index (χ2v) is 4.50. The smallest absolute Gasteiger partial charge is 0.141 e. The maximum absolute atomic E-state index is 12.7. The van der Waals surface area contributed by atoms with Crippen molar-refractivity contribution < 1.29 is 9.13 Å². The topological polar surface area (TPSA) is 34.1 Å². The third-order valence-corrected chi connectivity index (χ3v) is 3.13. The van der Waals surface area contributed by atoms with Crippen LogP contribution < -0.4 is 5.32 Å². The van der Waals surface area contributed by atoms with E-state index in [1.54, 1.807) is 6.07 Å². The third-order valence-electron chi connectivity index (χ3n) is 3.13. The molecule has 1 saturated heterocycles. The number of rotatable bonds is 5. The van der Waals surface area contributed by atoms with E-state index >= 15 is 0 Å². The predicted octanol–water partition coefficient (Wildman–Crippen LogP) is 2.44. The molecule has 94 valence electrons. The minimum atomic E-state index is -0.291. The summed E-state index contributed by atoms with van der Waals surface area (Å²) in [5.74, 6) is -0.291. The van der Waals surface area contributed by atoms with E-state index in [2.05, 4.69) is 10.3 Å². The molecule has 1 aromatic rings. The molecule has 0 aliphatic carbocycles. The summed E-state index contributed by atoms with van der Waals surface area (Å²) in [6.45, 7) is 3.85. The molecule has 4 heteroatoms. The number of hydrogen-bond acceptors (Lipinski definition) is 3. The number of halogens is 1. The molecule has 0 spiro atoms. The molecule has 17 heavy (non-hydrogen) atoms. The van der Waals surface area contributed by atoms with Gasteiger partial charge in [-0.3, -0.25) is 4.98 Å². The highest BCUT2D eigenvalue weighted by Crippen LogP contribution is 2.15. The molecule has 0 aromatic carbocycles. The maximum Gasteiger partial charge on any atom is 0.141 e. The Labute approximate surface area is 101 Å². The molecule has 1 fully saturated rings. The van der Waals surface area contributed by atoms with Gasteiger partial charge in [-0.2, -0.15) is 0 Å². The van der Waals surface area contributed by atoms with Crippen molar-refractivity contribution in [3.63, 3.8) is 0 Å². The standard InChI is InChI=1S/C13H19FN2O/c1-10(13-5-4-11(14)9-16-13)15-7-6-12-3-2-8-17-12/h4-5,9-10,12,15H,2-3,6-8H2,1H3. The number of ether oxygens (including phenoxy) is 1. The summed E-state index contributed by atoms with van der Waals surface area (Å²) in [5.41, 5.74) is 0.874. The fourth-order valence-corrected chi connectivity index (χ4v) is 2.08. The molecule has 2 rings (SSSR count). The van der Waals surface area contributed by atoms with Gasteiger partial charge < -0.3 is 10.1 Å². The second kappa shape index (κ2) is 6.07. The average molecular weight is 238 g/mol. The van der Waals surface area contributed by atoms with E-state index in [4.69, 9.17) is 4.74 Å². The van der Waals surface area contributed by atoms with E-state index in [1.807, 2.05) is 6.92 Å². The highest BCUT2D eigenvalue weighted by atomic mass is 19.1. The van der Waals surface area contributed by atoms with Gasteiger partial charge in [-0.25, -0.2) is 4.39 Å². The van der Waals surface area contributed by atoms with Crippen molar-refractivity contribution in [2.24, 2.45) is 0 Å². The lowest BCUT2D eigenvalue weighted by atomic mass is 10.1. The van der Waals surface area contributed by atoms with Crippen LogP contribution >= 0.6 is 0 Å². The van der Waals surface area contributed by atoms with Crippen LogP contribution in [0.1, 0.15) is 37.9 Å². The molecule has 0 amide bonds. The summed E-state index contributed by atoms with van der Waals surface area (Å²) in [7, 11) is 0. The van der Waals surface area contributed by atoms with Crippen LogP contribution in [0, 0.1) is 5.82 Å². The fourth-order valence-electron chi connectivity index (χ4n) is 2.08. The monoisotopic (exact) mass is 238 g/mol. The summed E-state index contributed by atoms with van der Waals surface area (Å²) in [6, 6.07) is 3.32. The number of nitrogens with one attached hydrogen (secondary N) is 1. The van der Waals surface area contributed by atoms with Gasteiger partial charge in [0.05, 0.1) is 18.0 Å². The van der Waals surface area contributed by atoms with Gasteiger partial charge in [0.15, 0.2) is 0 Å².